The zero-order valence-electron chi connectivity index (χ0n) is 19.2. The van der Waals surface area contributed by atoms with E-state index in [4.69, 9.17) is 11.6 Å². The average molecular weight is 512 g/mol. The fraction of sp³-hybridized carbons (Fsp3) is 0.320. The molecule has 1 amide bonds. The molecule has 8 nitrogen and oxygen atoms in total. The Morgan fingerprint density at radius 3 is 2.91 bits per heavy atom. The van der Waals surface area contributed by atoms with Crippen molar-refractivity contribution in [3.63, 3.8) is 0 Å². The van der Waals surface area contributed by atoms with E-state index in [-0.39, 0.29) is 17.0 Å². The van der Waals surface area contributed by atoms with Crippen LogP contribution in [0.25, 0.3) is 10.2 Å². The highest BCUT2D eigenvalue weighted by atomic mass is 35.5. The van der Waals surface area contributed by atoms with E-state index in [2.05, 4.69) is 20.2 Å². The van der Waals surface area contributed by atoms with Crippen LogP contribution < -0.4 is 10.7 Å². The topological polar surface area (TPSA) is 103 Å². The van der Waals surface area contributed by atoms with E-state index in [1.165, 1.54) is 0 Å². The predicted octanol–water partition coefficient (Wildman–Crippen LogP) is 3.60. The predicted molar refractivity (Wildman–Crippen MR) is 137 cm³/mol. The van der Waals surface area contributed by atoms with Crippen molar-refractivity contribution in [2.75, 3.05) is 6.54 Å². The van der Waals surface area contributed by atoms with Crippen LogP contribution in [-0.4, -0.2) is 43.0 Å². The number of hydrogen-bond donors (Lipinski definition) is 3. The number of aryl methyl sites for hydroxylation is 1. The summed E-state index contributed by atoms with van der Waals surface area (Å²) < 4.78 is 1.83. The van der Waals surface area contributed by atoms with E-state index in [9.17, 15) is 14.7 Å². The normalized spacial score (nSPS) is 17.2. The SMILES string of the molecule is Cn1cc(C(=O)NCc2ccc(Cl)cc2)c(=O)c2cc(CN3CCC[C@@H]3[C@@H](O)c3ncc[nH]3)sc21. The third-order valence-corrected chi connectivity index (χ3v) is 7.91. The summed E-state index contributed by atoms with van der Waals surface area (Å²) in [5.74, 6) is 0.164. The Kier molecular flexibility index (Phi) is 6.75. The maximum Gasteiger partial charge on any atom is 0.257 e. The molecular formula is C25H26ClN5O3S. The van der Waals surface area contributed by atoms with Gasteiger partial charge in [-0.05, 0) is 43.1 Å². The Bertz CT molecular complexity index is 1400. The number of aromatic nitrogens is 3. The van der Waals surface area contributed by atoms with Gasteiger partial charge in [0.05, 0.1) is 5.39 Å². The van der Waals surface area contributed by atoms with Crippen LogP contribution in [0.1, 0.15) is 45.6 Å². The number of nitrogens with zero attached hydrogens (tertiary/aromatic N) is 3. The molecule has 182 valence electrons. The molecule has 35 heavy (non-hydrogen) atoms. The average Bonchev–Trinajstić information content (AvgIpc) is 3.62. The minimum atomic E-state index is -0.691. The van der Waals surface area contributed by atoms with Crippen molar-refractivity contribution >= 4 is 39.1 Å². The number of H-pyrrole nitrogens is 1. The van der Waals surface area contributed by atoms with Crippen LogP contribution in [0.15, 0.2) is 53.7 Å². The molecular weight excluding hydrogens is 486 g/mol. The van der Waals surface area contributed by atoms with Gasteiger partial charge in [0.25, 0.3) is 5.91 Å². The van der Waals surface area contributed by atoms with Crippen LogP contribution >= 0.6 is 22.9 Å². The van der Waals surface area contributed by atoms with Gasteiger partial charge in [-0.15, -0.1) is 11.3 Å². The summed E-state index contributed by atoms with van der Waals surface area (Å²) >= 11 is 7.46. The second-order valence-corrected chi connectivity index (χ2v) is 10.4. The Balaban J connectivity index is 1.35. The van der Waals surface area contributed by atoms with Crippen LogP contribution in [0.4, 0.5) is 0 Å². The highest BCUT2D eigenvalue weighted by Gasteiger charge is 2.33. The molecule has 0 unspecified atom stereocenters. The van der Waals surface area contributed by atoms with Crippen molar-refractivity contribution in [3.05, 3.63) is 86.0 Å². The quantitative estimate of drug-likeness (QED) is 0.352. The van der Waals surface area contributed by atoms with Gasteiger partial charge in [0.1, 0.15) is 22.3 Å². The number of amides is 1. The van der Waals surface area contributed by atoms with E-state index in [1.807, 2.05) is 29.8 Å². The molecule has 3 N–H and O–H groups in total. The number of carbonyl (C=O) groups excluding carboxylic acids is 1. The number of fused-ring (bicyclic) bond motifs is 1. The molecule has 0 aliphatic carbocycles. The van der Waals surface area contributed by atoms with Crippen molar-refractivity contribution in [2.24, 2.45) is 7.05 Å². The number of nitrogens with one attached hydrogen (secondary N) is 2. The molecule has 4 aromatic rings. The van der Waals surface area contributed by atoms with Crippen LogP contribution in [-0.2, 0) is 20.1 Å². The molecule has 2 atom stereocenters. The van der Waals surface area contributed by atoms with Gasteiger partial charge in [0.15, 0.2) is 0 Å². The Hall–Kier alpha value is -2.98. The molecule has 1 saturated heterocycles. The first kappa shape index (κ1) is 23.7. The largest absolute Gasteiger partial charge is 0.384 e. The molecule has 1 aromatic carbocycles. The summed E-state index contributed by atoms with van der Waals surface area (Å²) in [5.41, 5.74) is 0.740. The summed E-state index contributed by atoms with van der Waals surface area (Å²) in [5, 5.41) is 14.8. The van der Waals surface area contributed by atoms with Gasteiger partial charge >= 0.3 is 0 Å². The maximum atomic E-state index is 13.2. The number of benzene rings is 1. The lowest BCUT2D eigenvalue weighted by atomic mass is 10.1. The van der Waals surface area contributed by atoms with E-state index >= 15 is 0 Å². The van der Waals surface area contributed by atoms with Crippen molar-refractivity contribution < 1.29 is 9.90 Å². The minimum Gasteiger partial charge on any atom is -0.384 e. The van der Waals surface area contributed by atoms with Crippen LogP contribution in [0.3, 0.4) is 0 Å². The Morgan fingerprint density at radius 2 is 2.17 bits per heavy atom. The number of likely N-dealkylation sites (tertiary alicyclic amines) is 1. The molecule has 1 aliphatic heterocycles. The summed E-state index contributed by atoms with van der Waals surface area (Å²) in [7, 11) is 1.84. The molecule has 1 aliphatic rings. The lowest BCUT2D eigenvalue weighted by molar-refractivity contribution is 0.0635. The number of halogens is 1. The van der Waals surface area contributed by atoms with Gasteiger partial charge in [-0.25, -0.2) is 4.98 Å². The molecule has 3 aromatic heterocycles. The Labute approximate surface area is 211 Å². The van der Waals surface area contributed by atoms with Crippen molar-refractivity contribution in [1.82, 2.24) is 24.8 Å². The molecule has 10 heteroatoms. The highest BCUT2D eigenvalue weighted by Crippen LogP contribution is 2.32. The second-order valence-electron chi connectivity index (χ2n) is 8.82. The summed E-state index contributed by atoms with van der Waals surface area (Å²) in [6.07, 6.45) is 6.13. The number of imidazole rings is 1. The fourth-order valence-corrected chi connectivity index (χ4v) is 5.90. The summed E-state index contributed by atoms with van der Waals surface area (Å²) in [6, 6.07) is 9.04. The van der Waals surface area contributed by atoms with Crippen LogP contribution in [0.2, 0.25) is 5.02 Å². The number of aliphatic hydroxyl groups is 1. The molecule has 0 radical (unpaired) electrons. The van der Waals surface area contributed by atoms with Crippen molar-refractivity contribution in [2.45, 2.75) is 38.1 Å². The molecule has 0 bridgehead atoms. The smallest absolute Gasteiger partial charge is 0.257 e. The van der Waals surface area contributed by atoms with Gasteiger partial charge in [-0.1, -0.05) is 23.7 Å². The molecule has 0 spiro atoms. The van der Waals surface area contributed by atoms with Gasteiger partial charge < -0.3 is 20.0 Å². The standard InChI is InChI=1S/C25H26ClN5O3S/c1-30-14-19(24(34)29-12-15-4-6-16(26)7-5-15)21(32)18-11-17(35-25(18)30)13-31-10-2-3-20(31)22(33)23-27-8-9-28-23/h4-9,11,14,20,22,33H,2-3,10,12-13H2,1H3,(H,27,28)(H,29,34)/t20-,22-/m1/s1. The highest BCUT2D eigenvalue weighted by molar-refractivity contribution is 7.18. The summed E-state index contributed by atoms with van der Waals surface area (Å²) in [6.45, 7) is 1.80. The summed E-state index contributed by atoms with van der Waals surface area (Å²) in [4.78, 5) is 37.3. The fourth-order valence-electron chi connectivity index (χ4n) is 4.66. The maximum absolute atomic E-state index is 13.2. The van der Waals surface area contributed by atoms with Crippen LogP contribution in [0.5, 0.6) is 0 Å². The number of pyridine rings is 1. The van der Waals surface area contributed by atoms with Crippen LogP contribution in [0, 0.1) is 0 Å². The second kappa shape index (κ2) is 9.94. The van der Waals surface area contributed by atoms with E-state index in [0.29, 0.717) is 29.3 Å². The third-order valence-electron chi connectivity index (χ3n) is 6.44. The number of carbonyl (C=O) groups is 1. The third kappa shape index (κ3) is 4.90. The molecule has 4 heterocycles. The van der Waals surface area contributed by atoms with Crippen molar-refractivity contribution in [3.8, 4) is 0 Å². The van der Waals surface area contributed by atoms with E-state index in [0.717, 1.165) is 34.7 Å². The van der Waals surface area contributed by atoms with Gasteiger partial charge in [-0.2, -0.15) is 0 Å². The molecule has 1 fully saturated rings. The monoisotopic (exact) mass is 511 g/mol. The van der Waals surface area contributed by atoms with Gasteiger partial charge in [-0.3, -0.25) is 14.5 Å². The van der Waals surface area contributed by atoms with E-state index in [1.54, 1.807) is 42.1 Å². The molecule has 0 saturated carbocycles. The first-order valence-electron chi connectivity index (χ1n) is 11.5. The van der Waals surface area contributed by atoms with Gasteiger partial charge in [0.2, 0.25) is 5.43 Å². The molecule has 5 rings (SSSR count). The number of aromatic amines is 1. The first-order valence-corrected chi connectivity index (χ1v) is 12.7. The minimum absolute atomic E-state index is 0.0407. The zero-order valence-corrected chi connectivity index (χ0v) is 20.8. The van der Waals surface area contributed by atoms with Gasteiger partial charge in [0, 0.05) is 54.7 Å². The lowest BCUT2D eigenvalue weighted by Gasteiger charge is -2.27. The number of aliphatic hydroxyl groups excluding tert-OH is 1. The van der Waals surface area contributed by atoms with Crippen molar-refractivity contribution in [1.29, 1.82) is 0 Å². The zero-order chi connectivity index (χ0) is 24.5. The lowest BCUT2D eigenvalue weighted by Crippen LogP contribution is -2.34. The number of thiophene rings is 1. The number of hydrogen-bond acceptors (Lipinski definition) is 6. The van der Waals surface area contributed by atoms with E-state index < -0.39 is 12.0 Å². The number of rotatable bonds is 7. The first-order chi connectivity index (χ1) is 16.9. The Morgan fingerprint density at radius 1 is 1.37 bits per heavy atom.